The van der Waals surface area contributed by atoms with Gasteiger partial charge in [-0.05, 0) is 79.2 Å². The Kier molecular flexibility index (Phi) is 4.76. The Morgan fingerprint density at radius 3 is 2.52 bits per heavy atom. The molecule has 21 heavy (non-hydrogen) atoms. The third-order valence-electron chi connectivity index (χ3n) is 4.25. The second kappa shape index (κ2) is 6.28. The summed E-state index contributed by atoms with van der Waals surface area (Å²) in [5.41, 5.74) is 0.996. The number of hydrogen-bond donors (Lipinski definition) is 1. The highest BCUT2D eigenvalue weighted by atomic mass is 79.9. The lowest BCUT2D eigenvalue weighted by Gasteiger charge is -2.29. The summed E-state index contributed by atoms with van der Waals surface area (Å²) < 4.78 is 29.1. The summed E-state index contributed by atoms with van der Waals surface area (Å²) in [6.45, 7) is 4.64. The smallest absolute Gasteiger partial charge is 0.252 e. The Labute approximate surface area is 139 Å². The van der Waals surface area contributed by atoms with Gasteiger partial charge < -0.3 is 5.32 Å². The summed E-state index contributed by atoms with van der Waals surface area (Å²) in [7, 11) is -3.34. The molecule has 4 nitrogen and oxygen atoms in total. The Bertz CT molecular complexity index is 585. The molecule has 1 aliphatic heterocycles. The Morgan fingerprint density at radius 1 is 1.33 bits per heavy atom. The monoisotopic (exact) mass is 392 g/mol. The average molecular weight is 393 g/mol. The van der Waals surface area contributed by atoms with Gasteiger partial charge in [-0.2, -0.15) is 4.31 Å². The van der Waals surface area contributed by atoms with E-state index in [9.17, 15) is 8.42 Å². The number of rotatable bonds is 5. The number of hydrogen-bond acceptors (Lipinski definition) is 4. The second-order valence-electron chi connectivity index (χ2n) is 6.02. The minimum atomic E-state index is -3.34. The third kappa shape index (κ3) is 3.52. The molecule has 2 fully saturated rings. The van der Waals surface area contributed by atoms with Crippen molar-refractivity contribution in [3.63, 3.8) is 0 Å². The van der Waals surface area contributed by atoms with E-state index in [4.69, 9.17) is 0 Å². The fraction of sp³-hybridized carbons (Fsp3) is 0.714. The highest BCUT2D eigenvalue weighted by Gasteiger charge is 2.40. The largest absolute Gasteiger partial charge is 0.317 e. The zero-order valence-electron chi connectivity index (χ0n) is 12.1. The second-order valence-corrected chi connectivity index (χ2v) is 10.5. The summed E-state index contributed by atoms with van der Waals surface area (Å²) in [5.74, 6) is 0.492. The van der Waals surface area contributed by atoms with Gasteiger partial charge in [-0.3, -0.25) is 0 Å². The van der Waals surface area contributed by atoms with Crippen LogP contribution in [0.3, 0.4) is 0 Å². The van der Waals surface area contributed by atoms with Crippen LogP contribution in [0.2, 0.25) is 0 Å². The summed E-state index contributed by atoms with van der Waals surface area (Å²) in [4.78, 5) is 0. The van der Waals surface area contributed by atoms with Gasteiger partial charge in [0, 0.05) is 12.6 Å². The maximum atomic E-state index is 13.0. The van der Waals surface area contributed by atoms with Gasteiger partial charge in [-0.15, -0.1) is 11.3 Å². The number of sulfonamides is 1. The number of nitrogens with one attached hydrogen (secondary N) is 1. The van der Waals surface area contributed by atoms with Crippen LogP contribution >= 0.6 is 27.3 Å². The lowest BCUT2D eigenvalue weighted by atomic mass is 9.98. The van der Waals surface area contributed by atoms with Crippen LogP contribution in [0.15, 0.2) is 14.1 Å². The van der Waals surface area contributed by atoms with Crippen molar-refractivity contribution in [2.45, 2.75) is 42.9 Å². The summed E-state index contributed by atoms with van der Waals surface area (Å²) >= 11 is 4.77. The molecule has 0 aromatic carbocycles. The molecule has 2 aliphatic rings. The molecule has 1 saturated carbocycles. The molecule has 0 bridgehead atoms. The topological polar surface area (TPSA) is 49.4 Å². The molecular formula is C14H21BrN2O2S2. The lowest BCUT2D eigenvalue weighted by molar-refractivity contribution is 0.283. The van der Waals surface area contributed by atoms with E-state index in [0.717, 1.165) is 48.1 Å². The first-order valence-electron chi connectivity index (χ1n) is 7.47. The first kappa shape index (κ1) is 15.9. The Morgan fingerprint density at radius 2 is 2.00 bits per heavy atom. The molecule has 1 N–H and O–H groups in total. The number of thiophene rings is 1. The molecule has 1 saturated heterocycles. The lowest BCUT2D eigenvalue weighted by Crippen LogP contribution is -2.40. The van der Waals surface area contributed by atoms with Crippen LogP contribution in [-0.2, 0) is 10.0 Å². The van der Waals surface area contributed by atoms with Crippen LogP contribution in [0, 0.1) is 12.8 Å². The maximum Gasteiger partial charge on any atom is 0.252 e. The third-order valence-corrected chi connectivity index (χ3v) is 8.75. The Hall–Kier alpha value is 0.0500. The fourth-order valence-electron chi connectivity index (χ4n) is 2.80. The van der Waals surface area contributed by atoms with Gasteiger partial charge in [0.2, 0.25) is 0 Å². The van der Waals surface area contributed by atoms with Crippen molar-refractivity contribution in [3.8, 4) is 0 Å². The number of aryl methyl sites for hydroxylation is 1. The fourth-order valence-corrected chi connectivity index (χ4v) is 6.92. The van der Waals surface area contributed by atoms with E-state index in [1.165, 1.54) is 11.3 Å². The van der Waals surface area contributed by atoms with E-state index in [2.05, 4.69) is 21.2 Å². The van der Waals surface area contributed by atoms with Gasteiger partial charge in [-0.1, -0.05) is 0 Å². The first-order valence-corrected chi connectivity index (χ1v) is 10.5. The minimum Gasteiger partial charge on any atom is -0.317 e. The molecule has 1 aliphatic carbocycles. The van der Waals surface area contributed by atoms with Crippen LogP contribution in [-0.4, -0.2) is 38.4 Å². The maximum absolute atomic E-state index is 13.0. The summed E-state index contributed by atoms with van der Waals surface area (Å²) in [5, 5.41) is 3.34. The number of halogens is 1. The predicted octanol–water partition coefficient (Wildman–Crippen LogP) is 2.97. The molecule has 0 radical (unpaired) electrons. The van der Waals surface area contributed by atoms with E-state index in [1.54, 1.807) is 10.4 Å². The van der Waals surface area contributed by atoms with Gasteiger partial charge in [-0.25, -0.2) is 8.42 Å². The van der Waals surface area contributed by atoms with Crippen molar-refractivity contribution in [2.24, 2.45) is 5.92 Å². The number of piperidine rings is 1. The summed E-state index contributed by atoms with van der Waals surface area (Å²) in [6.07, 6.45) is 4.17. The highest BCUT2D eigenvalue weighted by molar-refractivity contribution is 9.11. The zero-order chi connectivity index (χ0) is 15.0. The molecule has 2 heterocycles. The number of nitrogens with zero attached hydrogens (tertiary/aromatic N) is 1. The van der Waals surface area contributed by atoms with Crippen LogP contribution in [0.4, 0.5) is 0 Å². The van der Waals surface area contributed by atoms with Gasteiger partial charge in [0.05, 0.1) is 3.79 Å². The molecule has 1 aromatic heterocycles. The summed E-state index contributed by atoms with van der Waals surface area (Å²) in [6, 6.07) is 2.02. The van der Waals surface area contributed by atoms with Crippen LogP contribution in [0.5, 0.6) is 0 Å². The van der Waals surface area contributed by atoms with E-state index in [0.29, 0.717) is 16.7 Å². The van der Waals surface area contributed by atoms with Crippen molar-refractivity contribution in [1.82, 2.24) is 9.62 Å². The van der Waals surface area contributed by atoms with E-state index in [1.807, 2.05) is 6.92 Å². The van der Waals surface area contributed by atoms with Crippen molar-refractivity contribution in [2.75, 3.05) is 19.6 Å². The minimum absolute atomic E-state index is 0.228. The van der Waals surface area contributed by atoms with Crippen LogP contribution in [0.1, 0.15) is 31.2 Å². The van der Waals surface area contributed by atoms with Gasteiger partial charge in [0.25, 0.3) is 10.0 Å². The molecule has 1 aromatic rings. The SMILES string of the molecule is Cc1cc(S(=O)(=O)N(CC2CCNCC2)C2CC2)sc1Br. The van der Waals surface area contributed by atoms with Crippen molar-refractivity contribution in [1.29, 1.82) is 0 Å². The van der Waals surface area contributed by atoms with Gasteiger partial charge in [0.1, 0.15) is 4.21 Å². The molecule has 0 amide bonds. The molecule has 3 rings (SSSR count). The van der Waals surface area contributed by atoms with Crippen molar-refractivity contribution in [3.05, 3.63) is 15.4 Å². The average Bonchev–Trinajstić information content (AvgIpc) is 3.23. The van der Waals surface area contributed by atoms with E-state index in [-0.39, 0.29) is 6.04 Å². The Balaban J connectivity index is 1.82. The molecule has 0 spiro atoms. The molecule has 7 heteroatoms. The van der Waals surface area contributed by atoms with Crippen molar-refractivity contribution >= 4 is 37.3 Å². The first-order chi connectivity index (χ1) is 9.98. The van der Waals surface area contributed by atoms with E-state index >= 15 is 0 Å². The predicted molar refractivity (Wildman–Crippen MR) is 89.3 cm³/mol. The molecule has 0 unspecified atom stereocenters. The molecule has 0 atom stereocenters. The molecular weight excluding hydrogens is 372 g/mol. The van der Waals surface area contributed by atoms with Crippen molar-refractivity contribution < 1.29 is 8.42 Å². The zero-order valence-corrected chi connectivity index (χ0v) is 15.4. The normalized spacial score (nSPS) is 21.1. The van der Waals surface area contributed by atoms with E-state index < -0.39 is 10.0 Å². The molecule has 118 valence electrons. The quantitative estimate of drug-likeness (QED) is 0.837. The van der Waals surface area contributed by atoms with Gasteiger partial charge >= 0.3 is 0 Å². The standard InChI is InChI=1S/C14H21BrN2O2S2/c1-10-8-13(20-14(10)15)21(18,19)17(12-2-3-12)9-11-4-6-16-7-5-11/h8,11-12,16H,2-7,9H2,1H3. The van der Waals surface area contributed by atoms with Gasteiger partial charge in [0.15, 0.2) is 0 Å². The van der Waals surface area contributed by atoms with Crippen LogP contribution in [0.25, 0.3) is 0 Å². The van der Waals surface area contributed by atoms with Crippen LogP contribution < -0.4 is 5.32 Å². The highest BCUT2D eigenvalue weighted by Crippen LogP contribution is 2.38.